The lowest BCUT2D eigenvalue weighted by Crippen LogP contribution is -2.59. The summed E-state index contributed by atoms with van der Waals surface area (Å²) < 4.78 is 25.0. The van der Waals surface area contributed by atoms with Crippen molar-refractivity contribution in [3.63, 3.8) is 0 Å². The highest BCUT2D eigenvalue weighted by molar-refractivity contribution is 7.13. The number of β-amino-alcohol motifs (C(OH)–C–C–N with tert-alkyl or cyclic N) is 1. The molecule has 454 valence electrons. The van der Waals surface area contributed by atoms with Crippen LogP contribution in [-0.4, -0.2) is 120 Å². The minimum absolute atomic E-state index is 0.0468. The van der Waals surface area contributed by atoms with E-state index in [2.05, 4.69) is 79.1 Å². The maximum Gasteiger partial charge on any atom is 0.258 e. The van der Waals surface area contributed by atoms with Crippen LogP contribution >= 0.6 is 11.3 Å². The number of aliphatic hydroxyl groups excluding tert-OH is 2. The molecule has 2 saturated carbocycles. The average molecular weight is 1200 g/mol. The highest BCUT2D eigenvalue weighted by Gasteiger charge is 2.53. The third kappa shape index (κ3) is 14.7. The Bertz CT molecular complexity index is 3780. The third-order valence-corrected chi connectivity index (χ3v) is 17.4. The van der Waals surface area contributed by atoms with Gasteiger partial charge in [0.05, 0.1) is 52.2 Å². The summed E-state index contributed by atoms with van der Waals surface area (Å²) in [5, 5.41) is 42.3. The van der Waals surface area contributed by atoms with Gasteiger partial charge in [0.2, 0.25) is 17.7 Å². The normalized spacial score (nSPS) is 18.3. The first-order chi connectivity index (χ1) is 41.8. The van der Waals surface area contributed by atoms with Crippen LogP contribution in [0.1, 0.15) is 113 Å². The molecule has 0 bridgehead atoms. The molecule has 1 saturated heterocycles. The summed E-state index contributed by atoms with van der Waals surface area (Å²) in [5.74, 6) is 3.97. The van der Waals surface area contributed by atoms with E-state index in [0.29, 0.717) is 55.6 Å². The monoisotopic (exact) mass is 1200 g/mol. The zero-order valence-corrected chi connectivity index (χ0v) is 50.4. The third-order valence-electron chi connectivity index (χ3n) is 16.4. The van der Waals surface area contributed by atoms with Gasteiger partial charge in [-0.15, -0.1) is 11.3 Å². The number of hydrogen-bond acceptors (Lipinski definition) is 12. The number of amides is 5. The van der Waals surface area contributed by atoms with Crippen LogP contribution < -0.4 is 31.5 Å². The molecule has 7 N–H and O–H groups in total. The summed E-state index contributed by atoms with van der Waals surface area (Å²) in [7, 11) is 0. The molecule has 20 heteroatoms. The van der Waals surface area contributed by atoms with Crippen LogP contribution in [0.5, 0.6) is 5.75 Å². The standard InChI is InChI=1S/C67H75FN10O8S/c1-42-59(87-41-74-42)47-23-24-48(35-72-63(83)52-34-51(80)38-76(52)64(84)60(66(2,3)4)75-65(85)67(68)29-30-67)53(33-47)86-39-55(82)71-36-54(81)70-31-14-6-5-9-16-43-17-15-18-44(32-43)37-77-58(46-21-12-8-13-22-46)56(45-19-10-7-11-20-45)57-61(69)78(40-73-62(57)77)49-25-27-50(79)28-26-49/h7-8,10-13,15,17-24,32-33,40-41,49-52,60,69,79-80H,5-6,14,25-31,34-39H2,1-4H3,(H,70,81)(H,71,82)(H,72,83)(H,75,85)/t49?,50?,51-,52+,60-/m1/s1. The number of ether oxygens (including phenoxy) is 1. The first-order valence-electron chi connectivity index (χ1n) is 29.9. The van der Waals surface area contributed by atoms with E-state index in [-0.39, 0.29) is 56.9 Å². The Morgan fingerprint density at radius 2 is 1.59 bits per heavy atom. The Hall–Kier alpha value is -8.51. The zero-order chi connectivity index (χ0) is 61.4. The van der Waals surface area contributed by atoms with Gasteiger partial charge in [0, 0.05) is 61.8 Å². The number of halogens is 1. The molecule has 0 unspecified atom stereocenters. The fraction of sp³-hybridized carbons (Fsp3) is 0.403. The number of fused-ring (bicyclic) bond motifs is 1. The molecular formula is C67H75FN10O8S. The van der Waals surface area contributed by atoms with Gasteiger partial charge in [-0.3, -0.25) is 29.4 Å². The van der Waals surface area contributed by atoms with Crippen molar-refractivity contribution < 1.29 is 43.3 Å². The first kappa shape index (κ1) is 61.6. The number of aliphatic hydroxyl groups is 2. The second-order valence-electron chi connectivity index (χ2n) is 24.0. The molecule has 0 spiro atoms. The Morgan fingerprint density at radius 1 is 0.851 bits per heavy atom. The number of alkyl halides is 1. The number of aromatic nitrogens is 4. The fourth-order valence-corrected chi connectivity index (χ4v) is 12.3. The van der Waals surface area contributed by atoms with Crippen molar-refractivity contribution in [3.8, 4) is 50.4 Å². The number of rotatable bonds is 21. The number of carbonyl (C=O) groups excluding carboxylic acids is 5. The lowest BCUT2D eigenvalue weighted by atomic mass is 9.85. The number of likely N-dealkylation sites (tertiary alicyclic amines) is 1. The Labute approximate surface area is 509 Å². The van der Waals surface area contributed by atoms with Crippen LogP contribution in [0.15, 0.2) is 115 Å². The number of unbranched alkanes of at least 4 members (excludes halogenated alkanes) is 2. The fourth-order valence-electron chi connectivity index (χ4n) is 11.5. The van der Waals surface area contributed by atoms with Gasteiger partial charge in [-0.1, -0.05) is 118 Å². The summed E-state index contributed by atoms with van der Waals surface area (Å²) in [6, 6.07) is 31.8. The van der Waals surface area contributed by atoms with Crippen molar-refractivity contribution in [2.45, 2.75) is 141 Å². The molecule has 18 nitrogen and oxygen atoms in total. The van der Waals surface area contributed by atoms with E-state index in [1.54, 1.807) is 44.7 Å². The van der Waals surface area contributed by atoms with E-state index in [4.69, 9.17) is 9.72 Å². The molecule has 3 fully saturated rings. The van der Waals surface area contributed by atoms with Crippen molar-refractivity contribution >= 4 is 51.9 Å². The Balaban J connectivity index is 0.718. The lowest BCUT2D eigenvalue weighted by molar-refractivity contribution is -0.145. The second kappa shape index (κ2) is 27.0. The smallest absolute Gasteiger partial charge is 0.258 e. The van der Waals surface area contributed by atoms with Crippen LogP contribution in [0, 0.1) is 29.6 Å². The van der Waals surface area contributed by atoms with Crippen molar-refractivity contribution in [1.29, 1.82) is 5.41 Å². The van der Waals surface area contributed by atoms with Gasteiger partial charge in [0.25, 0.3) is 11.8 Å². The van der Waals surface area contributed by atoms with Crippen molar-refractivity contribution in [3.05, 3.63) is 143 Å². The quantitative estimate of drug-likeness (QED) is 0.0270. The molecule has 3 atom stereocenters. The summed E-state index contributed by atoms with van der Waals surface area (Å²) in [5.41, 5.74) is 7.92. The number of nitrogens with zero attached hydrogens (tertiary/aromatic N) is 5. The molecule has 87 heavy (non-hydrogen) atoms. The molecule has 4 heterocycles. The van der Waals surface area contributed by atoms with Gasteiger partial charge in [-0.25, -0.2) is 14.4 Å². The van der Waals surface area contributed by atoms with E-state index >= 15 is 0 Å². The van der Waals surface area contributed by atoms with Gasteiger partial charge in [0.1, 0.15) is 29.0 Å². The van der Waals surface area contributed by atoms with E-state index in [0.717, 1.165) is 79.9 Å². The minimum atomic E-state index is -2.01. The molecule has 5 amide bonds. The highest BCUT2D eigenvalue weighted by Crippen LogP contribution is 2.42. The lowest BCUT2D eigenvalue weighted by Gasteiger charge is -2.35. The van der Waals surface area contributed by atoms with E-state index in [9.17, 15) is 44.0 Å². The zero-order valence-electron chi connectivity index (χ0n) is 49.5. The topological polar surface area (TPSA) is 246 Å². The molecule has 10 rings (SSSR count). The van der Waals surface area contributed by atoms with Crippen molar-refractivity contribution in [1.82, 2.24) is 45.3 Å². The number of aryl methyl sites for hydroxylation is 1. The van der Waals surface area contributed by atoms with Gasteiger partial charge in [-0.2, -0.15) is 0 Å². The highest BCUT2D eigenvalue weighted by atomic mass is 32.1. The van der Waals surface area contributed by atoms with Gasteiger partial charge < -0.3 is 50.3 Å². The number of hydrogen-bond donors (Lipinski definition) is 7. The summed E-state index contributed by atoms with van der Waals surface area (Å²) in [6.45, 7) is 7.01. The SMILES string of the molecule is Cc1ncsc1-c1ccc(CNC(=O)[C@@H]2C[C@@H](O)CN2C(=O)[C@@H](NC(=O)C2(F)CC2)C(C)(C)C)c(OCC(=O)NCC(=O)NCCCCC#Cc2cccc(Cn3c(-c4ccccc4)c(-c4ccccc4)c4c(=N)n(C5CCC(O)CC5)cnc43)c2)c1. The molecule has 3 aliphatic rings. The van der Waals surface area contributed by atoms with Gasteiger partial charge in [-0.05, 0) is 104 Å². The molecule has 4 aromatic carbocycles. The first-order valence-corrected chi connectivity index (χ1v) is 30.7. The Morgan fingerprint density at radius 3 is 2.29 bits per heavy atom. The molecule has 7 aromatic rings. The van der Waals surface area contributed by atoms with Crippen LogP contribution in [0.25, 0.3) is 43.9 Å². The molecule has 2 aliphatic carbocycles. The van der Waals surface area contributed by atoms with E-state index in [1.807, 2.05) is 66.1 Å². The maximum atomic E-state index is 14.7. The van der Waals surface area contributed by atoms with E-state index in [1.165, 1.54) is 16.2 Å². The maximum absolute atomic E-state index is 14.7. The summed E-state index contributed by atoms with van der Waals surface area (Å²) >= 11 is 1.43. The van der Waals surface area contributed by atoms with Crippen molar-refractivity contribution in [2.24, 2.45) is 5.41 Å². The number of carbonyl (C=O) groups is 5. The average Bonchev–Trinajstić information content (AvgIpc) is 1.71. The Kier molecular flexibility index (Phi) is 19.1. The second-order valence-corrected chi connectivity index (χ2v) is 24.9. The van der Waals surface area contributed by atoms with Crippen LogP contribution in [0.4, 0.5) is 4.39 Å². The molecular weight excluding hydrogens is 1120 g/mol. The number of nitrogens with one attached hydrogen (secondary N) is 5. The van der Waals surface area contributed by atoms with Crippen LogP contribution in [-0.2, 0) is 37.1 Å². The van der Waals surface area contributed by atoms with Crippen LogP contribution in [0.3, 0.4) is 0 Å². The van der Waals surface area contributed by atoms with Gasteiger partial charge in [0.15, 0.2) is 12.3 Å². The van der Waals surface area contributed by atoms with Crippen LogP contribution in [0.2, 0.25) is 0 Å². The predicted octanol–water partition coefficient (Wildman–Crippen LogP) is 8.05. The predicted molar refractivity (Wildman–Crippen MR) is 330 cm³/mol. The largest absolute Gasteiger partial charge is 0.483 e. The number of thiazole rings is 1. The number of benzene rings is 4. The molecule has 1 aliphatic heterocycles. The summed E-state index contributed by atoms with van der Waals surface area (Å²) in [6.07, 6.45) is 5.55. The molecule has 0 radical (unpaired) electrons. The minimum Gasteiger partial charge on any atom is -0.483 e. The van der Waals surface area contributed by atoms with E-state index < -0.39 is 59.5 Å². The van der Waals surface area contributed by atoms with Crippen molar-refractivity contribution in [2.75, 3.05) is 26.2 Å². The molecule has 3 aromatic heterocycles. The summed E-state index contributed by atoms with van der Waals surface area (Å²) in [4.78, 5) is 78.1. The van der Waals surface area contributed by atoms with Gasteiger partial charge >= 0.3 is 0 Å².